The number of hydrogen-bond donors (Lipinski definition) is 1. The number of amides is 1. The molecule has 0 aromatic heterocycles. The molecule has 0 heterocycles. The second kappa shape index (κ2) is 9.88. The molecule has 1 N–H and O–H groups in total. The van der Waals surface area contributed by atoms with Gasteiger partial charge >= 0.3 is 0 Å². The number of aryl methyl sites for hydroxylation is 1. The lowest BCUT2D eigenvalue weighted by Gasteiger charge is -2.25. The third kappa shape index (κ3) is 6.22. The molecule has 1 unspecified atom stereocenters. The van der Waals surface area contributed by atoms with E-state index < -0.39 is 0 Å². The maximum absolute atomic E-state index is 12.1. The van der Waals surface area contributed by atoms with Crippen molar-refractivity contribution >= 4 is 11.7 Å². The molecule has 2 aromatic carbocycles. The molecule has 0 aliphatic carbocycles. The third-order valence-corrected chi connectivity index (χ3v) is 4.52. The van der Waals surface area contributed by atoms with Crippen molar-refractivity contribution in [3.63, 3.8) is 0 Å². The van der Waals surface area contributed by atoms with Gasteiger partial charge < -0.3 is 15.0 Å². The lowest BCUT2D eigenvalue weighted by molar-refractivity contribution is -0.123. The van der Waals surface area contributed by atoms with Crippen LogP contribution in [-0.2, 0) is 11.2 Å². The maximum atomic E-state index is 12.1. The number of Topliss-reactive ketones (excluding diaryl/α,β-unsaturated/α-hetero) is 1. The monoisotopic (exact) mass is 368 g/mol. The summed E-state index contributed by atoms with van der Waals surface area (Å²) in [6.07, 6.45) is 1.01. The van der Waals surface area contributed by atoms with E-state index in [1.165, 1.54) is 18.1 Å². The standard InChI is InChI=1S/C22H28N2O3/c1-5-17-6-8-19(9-7-17)21(24(3)4)14-23-22(26)15-27-20-12-10-18(11-13-20)16(2)25/h6-13,21H,5,14-15H2,1-4H3,(H,23,26). The van der Waals surface area contributed by atoms with Gasteiger partial charge in [0, 0.05) is 12.1 Å². The summed E-state index contributed by atoms with van der Waals surface area (Å²) in [5, 5.41) is 2.93. The molecule has 27 heavy (non-hydrogen) atoms. The van der Waals surface area contributed by atoms with Crippen molar-refractivity contribution in [3.8, 4) is 5.75 Å². The van der Waals surface area contributed by atoms with Gasteiger partial charge in [-0.1, -0.05) is 31.2 Å². The second-order valence-corrected chi connectivity index (χ2v) is 6.75. The average Bonchev–Trinajstić information content (AvgIpc) is 2.67. The zero-order chi connectivity index (χ0) is 19.8. The van der Waals surface area contributed by atoms with Gasteiger partial charge in [0.05, 0.1) is 6.04 Å². The summed E-state index contributed by atoms with van der Waals surface area (Å²) in [4.78, 5) is 25.5. The summed E-state index contributed by atoms with van der Waals surface area (Å²) >= 11 is 0. The predicted octanol–water partition coefficient (Wildman–Crippen LogP) is 3.25. The maximum Gasteiger partial charge on any atom is 0.258 e. The fraction of sp³-hybridized carbons (Fsp3) is 0.364. The van der Waals surface area contributed by atoms with Gasteiger partial charge in [-0.3, -0.25) is 9.59 Å². The third-order valence-electron chi connectivity index (χ3n) is 4.52. The first-order valence-corrected chi connectivity index (χ1v) is 9.16. The first kappa shape index (κ1) is 20.6. The van der Waals surface area contributed by atoms with E-state index in [9.17, 15) is 9.59 Å². The van der Waals surface area contributed by atoms with Crippen molar-refractivity contribution in [1.29, 1.82) is 0 Å². The quantitative estimate of drug-likeness (QED) is 0.690. The average molecular weight is 368 g/mol. The summed E-state index contributed by atoms with van der Waals surface area (Å²) in [5.41, 5.74) is 3.08. The van der Waals surface area contributed by atoms with Gasteiger partial charge in [-0.15, -0.1) is 0 Å². The molecule has 5 heteroatoms. The van der Waals surface area contributed by atoms with Crippen LogP contribution in [0.5, 0.6) is 5.75 Å². The number of carbonyl (C=O) groups is 2. The molecule has 0 fully saturated rings. The molecule has 2 rings (SSSR count). The Labute approximate surface area is 161 Å². The van der Waals surface area contributed by atoms with E-state index in [1.54, 1.807) is 24.3 Å². The number of nitrogens with zero attached hydrogens (tertiary/aromatic N) is 1. The van der Waals surface area contributed by atoms with Crippen LogP contribution in [0.15, 0.2) is 48.5 Å². The van der Waals surface area contributed by atoms with Gasteiger partial charge in [-0.25, -0.2) is 0 Å². The Morgan fingerprint density at radius 3 is 2.19 bits per heavy atom. The highest BCUT2D eigenvalue weighted by molar-refractivity contribution is 5.94. The second-order valence-electron chi connectivity index (χ2n) is 6.75. The fourth-order valence-corrected chi connectivity index (χ4v) is 2.77. The molecule has 144 valence electrons. The van der Waals surface area contributed by atoms with E-state index in [0.29, 0.717) is 17.9 Å². The Bertz CT molecular complexity index is 752. The van der Waals surface area contributed by atoms with Crippen LogP contribution in [0.25, 0.3) is 0 Å². The largest absolute Gasteiger partial charge is 0.484 e. The van der Waals surface area contributed by atoms with Crippen LogP contribution >= 0.6 is 0 Å². The lowest BCUT2D eigenvalue weighted by Crippen LogP contribution is -2.36. The molecule has 0 radical (unpaired) electrons. The SMILES string of the molecule is CCc1ccc(C(CNC(=O)COc2ccc(C(C)=O)cc2)N(C)C)cc1. The predicted molar refractivity (Wildman–Crippen MR) is 107 cm³/mol. The summed E-state index contributed by atoms with van der Waals surface area (Å²) in [6.45, 7) is 4.09. The first-order chi connectivity index (χ1) is 12.9. The van der Waals surface area contributed by atoms with Gasteiger partial charge in [-0.2, -0.15) is 0 Å². The highest BCUT2D eigenvalue weighted by atomic mass is 16.5. The Morgan fingerprint density at radius 1 is 1.04 bits per heavy atom. The van der Waals surface area contributed by atoms with E-state index in [2.05, 4.69) is 41.4 Å². The molecular weight excluding hydrogens is 340 g/mol. The molecule has 0 saturated heterocycles. The van der Waals surface area contributed by atoms with Gasteiger partial charge in [0.15, 0.2) is 12.4 Å². The van der Waals surface area contributed by atoms with Gasteiger partial charge in [0.1, 0.15) is 5.75 Å². The minimum atomic E-state index is -0.178. The summed E-state index contributed by atoms with van der Waals surface area (Å²) in [7, 11) is 4.00. The topological polar surface area (TPSA) is 58.6 Å². The van der Waals surface area contributed by atoms with Gasteiger partial charge in [-0.05, 0) is 62.8 Å². The van der Waals surface area contributed by atoms with Crippen LogP contribution in [0.4, 0.5) is 0 Å². The normalized spacial score (nSPS) is 11.9. The molecule has 0 bridgehead atoms. The fourth-order valence-electron chi connectivity index (χ4n) is 2.77. The first-order valence-electron chi connectivity index (χ1n) is 9.16. The van der Waals surface area contributed by atoms with Crippen molar-refractivity contribution < 1.29 is 14.3 Å². The lowest BCUT2D eigenvalue weighted by atomic mass is 10.0. The van der Waals surface area contributed by atoms with Crippen LogP contribution < -0.4 is 10.1 Å². The minimum absolute atomic E-state index is 0.000916. The van der Waals surface area contributed by atoms with Crippen molar-refractivity contribution in [2.45, 2.75) is 26.3 Å². The van der Waals surface area contributed by atoms with Crippen LogP contribution in [-0.4, -0.2) is 43.8 Å². The smallest absolute Gasteiger partial charge is 0.258 e. The Kier molecular flexibility index (Phi) is 7.55. The Morgan fingerprint density at radius 2 is 1.67 bits per heavy atom. The molecule has 1 amide bonds. The Hall–Kier alpha value is -2.66. The van der Waals surface area contributed by atoms with Crippen molar-refractivity contribution in [2.75, 3.05) is 27.2 Å². The van der Waals surface area contributed by atoms with Crippen LogP contribution in [0.3, 0.4) is 0 Å². The molecule has 2 aromatic rings. The summed E-state index contributed by atoms with van der Waals surface area (Å²) in [5.74, 6) is 0.387. The summed E-state index contributed by atoms with van der Waals surface area (Å²) < 4.78 is 5.49. The van der Waals surface area contributed by atoms with Crippen LogP contribution in [0, 0.1) is 0 Å². The number of likely N-dealkylation sites (N-methyl/N-ethyl adjacent to an activating group) is 1. The Balaban J connectivity index is 1.86. The molecule has 5 nitrogen and oxygen atoms in total. The molecule has 1 atom stereocenters. The number of nitrogens with one attached hydrogen (secondary N) is 1. The number of hydrogen-bond acceptors (Lipinski definition) is 4. The van der Waals surface area contributed by atoms with Crippen molar-refractivity contribution in [2.24, 2.45) is 0 Å². The zero-order valence-corrected chi connectivity index (χ0v) is 16.5. The van der Waals surface area contributed by atoms with Gasteiger partial charge in [0.2, 0.25) is 0 Å². The van der Waals surface area contributed by atoms with Crippen molar-refractivity contribution in [3.05, 3.63) is 65.2 Å². The molecule has 0 saturated carbocycles. The van der Waals surface area contributed by atoms with E-state index in [4.69, 9.17) is 4.74 Å². The number of ether oxygens (including phenoxy) is 1. The highest BCUT2D eigenvalue weighted by Crippen LogP contribution is 2.18. The number of ketones is 1. The van der Waals surface area contributed by atoms with E-state index >= 15 is 0 Å². The summed E-state index contributed by atoms with van der Waals surface area (Å²) in [6, 6.07) is 15.3. The molecule has 0 spiro atoms. The number of carbonyl (C=O) groups excluding carboxylic acids is 2. The zero-order valence-electron chi connectivity index (χ0n) is 16.5. The van der Waals surface area contributed by atoms with Crippen LogP contribution in [0.1, 0.15) is 41.4 Å². The molecule has 0 aliphatic rings. The number of rotatable bonds is 9. The van der Waals surface area contributed by atoms with Gasteiger partial charge in [0.25, 0.3) is 5.91 Å². The molecular formula is C22H28N2O3. The van der Waals surface area contributed by atoms with Crippen LogP contribution in [0.2, 0.25) is 0 Å². The van der Waals surface area contributed by atoms with E-state index in [-0.39, 0.29) is 24.3 Å². The van der Waals surface area contributed by atoms with E-state index in [0.717, 1.165) is 6.42 Å². The minimum Gasteiger partial charge on any atom is -0.484 e. The number of benzene rings is 2. The van der Waals surface area contributed by atoms with E-state index in [1.807, 2.05) is 14.1 Å². The highest BCUT2D eigenvalue weighted by Gasteiger charge is 2.15. The van der Waals surface area contributed by atoms with Crippen molar-refractivity contribution in [1.82, 2.24) is 10.2 Å². The molecule has 0 aliphatic heterocycles.